The van der Waals surface area contributed by atoms with Crippen LogP contribution in [0.25, 0.3) is 5.69 Å². The van der Waals surface area contributed by atoms with Crippen molar-refractivity contribution in [3.8, 4) is 11.4 Å². The fraction of sp³-hybridized carbons (Fsp3) is 0.167. The van der Waals surface area contributed by atoms with Gasteiger partial charge in [0.15, 0.2) is 5.69 Å². The minimum absolute atomic E-state index is 0.236. The first-order valence-electron chi connectivity index (χ1n) is 5.13. The van der Waals surface area contributed by atoms with Gasteiger partial charge in [0.05, 0.1) is 24.4 Å². The van der Waals surface area contributed by atoms with Gasteiger partial charge in [-0.25, -0.2) is 9.48 Å². The van der Waals surface area contributed by atoms with Gasteiger partial charge in [-0.05, 0) is 28.1 Å². The number of hydrogen-bond acceptors (Lipinski definition) is 4. The Balaban J connectivity index is 2.42. The summed E-state index contributed by atoms with van der Waals surface area (Å²) in [6, 6.07) is 7.37. The lowest BCUT2D eigenvalue weighted by atomic mass is 10.3. The van der Waals surface area contributed by atoms with Gasteiger partial charge in [0.2, 0.25) is 0 Å². The molecule has 2 aromatic rings. The van der Waals surface area contributed by atoms with Crippen molar-refractivity contribution in [2.45, 2.75) is 0 Å². The third kappa shape index (κ3) is 2.38. The summed E-state index contributed by atoms with van der Waals surface area (Å²) in [5.41, 5.74) is 1.03. The van der Waals surface area contributed by atoms with Crippen LogP contribution in [0.3, 0.4) is 0 Å². The molecular formula is C12H11BrN2O3. The molecule has 0 saturated heterocycles. The van der Waals surface area contributed by atoms with Gasteiger partial charge >= 0.3 is 5.97 Å². The second kappa shape index (κ2) is 5.22. The number of benzene rings is 1. The number of methoxy groups -OCH3 is 2. The molecule has 0 bridgehead atoms. The van der Waals surface area contributed by atoms with Crippen molar-refractivity contribution >= 4 is 21.9 Å². The average molecular weight is 311 g/mol. The van der Waals surface area contributed by atoms with E-state index in [0.29, 0.717) is 4.47 Å². The van der Waals surface area contributed by atoms with Crippen LogP contribution in [0.15, 0.2) is 34.9 Å². The van der Waals surface area contributed by atoms with Crippen molar-refractivity contribution in [2.75, 3.05) is 14.2 Å². The minimum Gasteiger partial charge on any atom is -0.497 e. The molecule has 2 rings (SSSR count). The van der Waals surface area contributed by atoms with Crippen LogP contribution >= 0.6 is 15.9 Å². The van der Waals surface area contributed by atoms with Crippen LogP contribution in [0, 0.1) is 0 Å². The molecule has 18 heavy (non-hydrogen) atoms. The number of rotatable bonds is 3. The molecule has 0 aliphatic heterocycles. The van der Waals surface area contributed by atoms with Crippen molar-refractivity contribution < 1.29 is 14.3 Å². The number of esters is 1. The van der Waals surface area contributed by atoms with Crippen molar-refractivity contribution in [1.29, 1.82) is 0 Å². The van der Waals surface area contributed by atoms with Crippen molar-refractivity contribution in [3.63, 3.8) is 0 Å². The first-order valence-corrected chi connectivity index (χ1v) is 5.93. The quantitative estimate of drug-likeness (QED) is 0.817. The second-order valence-corrected chi connectivity index (χ2v) is 4.32. The van der Waals surface area contributed by atoms with E-state index < -0.39 is 5.97 Å². The molecule has 1 aromatic heterocycles. The zero-order valence-corrected chi connectivity index (χ0v) is 11.5. The minimum atomic E-state index is -0.483. The van der Waals surface area contributed by atoms with Gasteiger partial charge in [0.25, 0.3) is 0 Å². The maximum atomic E-state index is 11.4. The average Bonchev–Trinajstić information content (AvgIpc) is 2.80. The highest BCUT2D eigenvalue weighted by atomic mass is 79.9. The third-order valence-corrected chi connectivity index (χ3v) is 2.95. The number of halogens is 1. The predicted molar refractivity (Wildman–Crippen MR) is 69.2 cm³/mol. The maximum Gasteiger partial charge on any atom is 0.359 e. The van der Waals surface area contributed by atoms with Gasteiger partial charge in [-0.15, -0.1) is 0 Å². The Morgan fingerprint density at radius 1 is 1.39 bits per heavy atom. The number of aromatic nitrogens is 2. The molecule has 0 amide bonds. The lowest BCUT2D eigenvalue weighted by Gasteiger charge is -2.03. The highest BCUT2D eigenvalue weighted by molar-refractivity contribution is 9.10. The molecule has 0 spiro atoms. The molecule has 0 N–H and O–H groups in total. The van der Waals surface area contributed by atoms with Crippen LogP contribution in [0.4, 0.5) is 0 Å². The van der Waals surface area contributed by atoms with Crippen molar-refractivity contribution in [1.82, 2.24) is 9.78 Å². The van der Waals surface area contributed by atoms with E-state index in [1.807, 2.05) is 24.3 Å². The Hall–Kier alpha value is -1.82. The molecule has 0 fully saturated rings. The number of carbonyl (C=O) groups excluding carboxylic acids is 1. The molecule has 0 radical (unpaired) electrons. The van der Waals surface area contributed by atoms with Crippen LogP contribution in [0.5, 0.6) is 5.75 Å². The number of ether oxygens (including phenoxy) is 2. The summed E-state index contributed by atoms with van der Waals surface area (Å²) < 4.78 is 11.9. The number of carbonyl (C=O) groups is 1. The van der Waals surface area contributed by atoms with Crippen molar-refractivity contribution in [3.05, 3.63) is 40.6 Å². The van der Waals surface area contributed by atoms with E-state index in [1.54, 1.807) is 18.0 Å². The van der Waals surface area contributed by atoms with Crippen LogP contribution in [0.1, 0.15) is 10.5 Å². The SMILES string of the molecule is COC(=O)c1nn(-c2cccc(OC)c2)cc1Br. The van der Waals surface area contributed by atoms with Gasteiger partial charge < -0.3 is 9.47 Å². The van der Waals surface area contributed by atoms with E-state index in [9.17, 15) is 4.79 Å². The number of hydrogen-bond donors (Lipinski definition) is 0. The molecule has 5 nitrogen and oxygen atoms in total. The zero-order chi connectivity index (χ0) is 13.1. The normalized spacial score (nSPS) is 10.2. The molecule has 0 aliphatic carbocycles. The van der Waals surface area contributed by atoms with Gasteiger partial charge in [-0.3, -0.25) is 0 Å². The van der Waals surface area contributed by atoms with E-state index in [-0.39, 0.29) is 5.69 Å². The van der Waals surface area contributed by atoms with Gasteiger partial charge in [-0.1, -0.05) is 6.07 Å². The van der Waals surface area contributed by atoms with E-state index in [0.717, 1.165) is 11.4 Å². The Kier molecular flexibility index (Phi) is 3.66. The first kappa shape index (κ1) is 12.6. The van der Waals surface area contributed by atoms with Gasteiger partial charge in [0.1, 0.15) is 5.75 Å². The highest BCUT2D eigenvalue weighted by Gasteiger charge is 2.16. The molecule has 94 valence electrons. The summed E-state index contributed by atoms with van der Waals surface area (Å²) in [7, 11) is 2.91. The third-order valence-electron chi connectivity index (χ3n) is 2.37. The Morgan fingerprint density at radius 2 is 2.17 bits per heavy atom. The summed E-state index contributed by atoms with van der Waals surface area (Å²) >= 11 is 3.28. The summed E-state index contributed by atoms with van der Waals surface area (Å²) in [6.45, 7) is 0. The van der Waals surface area contributed by atoms with E-state index in [1.165, 1.54) is 7.11 Å². The largest absolute Gasteiger partial charge is 0.497 e. The Labute approximate surface area is 112 Å². The topological polar surface area (TPSA) is 53.3 Å². The second-order valence-electron chi connectivity index (χ2n) is 3.46. The van der Waals surface area contributed by atoms with Gasteiger partial charge in [0, 0.05) is 12.3 Å². The fourth-order valence-electron chi connectivity index (χ4n) is 1.47. The van der Waals surface area contributed by atoms with E-state index in [2.05, 4.69) is 25.8 Å². The Morgan fingerprint density at radius 3 is 2.83 bits per heavy atom. The van der Waals surface area contributed by atoms with Crippen LogP contribution in [0.2, 0.25) is 0 Å². The highest BCUT2D eigenvalue weighted by Crippen LogP contribution is 2.21. The first-order chi connectivity index (χ1) is 8.65. The molecule has 0 atom stereocenters. The van der Waals surface area contributed by atoms with Crippen molar-refractivity contribution in [2.24, 2.45) is 0 Å². The molecule has 0 aliphatic rings. The summed E-state index contributed by atoms with van der Waals surface area (Å²) in [5, 5.41) is 4.17. The fourth-order valence-corrected chi connectivity index (χ4v) is 1.91. The Bertz CT molecular complexity index is 580. The van der Waals surface area contributed by atoms with E-state index >= 15 is 0 Å². The standard InChI is InChI=1S/C12H11BrN2O3/c1-17-9-5-3-4-8(6-9)15-7-10(13)11(14-15)12(16)18-2/h3-7H,1-2H3. The monoisotopic (exact) mass is 310 g/mol. The smallest absolute Gasteiger partial charge is 0.359 e. The maximum absolute atomic E-state index is 11.4. The van der Waals surface area contributed by atoms with E-state index in [4.69, 9.17) is 4.74 Å². The molecule has 1 aromatic carbocycles. The summed E-state index contributed by atoms with van der Waals surface area (Å²) in [4.78, 5) is 11.4. The lowest BCUT2D eigenvalue weighted by Crippen LogP contribution is -2.04. The summed E-state index contributed by atoms with van der Waals surface area (Å²) in [6.07, 6.45) is 1.70. The predicted octanol–water partition coefficient (Wildman–Crippen LogP) is 2.43. The lowest BCUT2D eigenvalue weighted by molar-refractivity contribution is 0.0592. The zero-order valence-electron chi connectivity index (χ0n) is 9.88. The molecular weight excluding hydrogens is 300 g/mol. The number of nitrogens with zero attached hydrogens (tertiary/aromatic N) is 2. The molecule has 0 unspecified atom stereocenters. The molecule has 1 heterocycles. The van der Waals surface area contributed by atoms with Crippen LogP contribution < -0.4 is 4.74 Å². The van der Waals surface area contributed by atoms with Gasteiger partial charge in [-0.2, -0.15) is 5.10 Å². The van der Waals surface area contributed by atoms with Crippen LogP contribution in [-0.2, 0) is 4.74 Å². The van der Waals surface area contributed by atoms with Crippen LogP contribution in [-0.4, -0.2) is 30.0 Å². The molecule has 0 saturated carbocycles. The summed E-state index contributed by atoms with van der Waals surface area (Å²) in [5.74, 6) is 0.238. The molecule has 6 heteroatoms.